The SMILES string of the molecule is Cc1nnc(-c2c(F)c(F)c(F)c(-c3nnc(C)s3)c2F)s1. The standard InChI is InChI=1S/C12H6F4N4S2/c1-3-17-19-11(21-3)5-7(13)6(9(15)10(16)8(5)14)12-20-18-4(2)22-12/h1-2H3. The number of aryl methyl sites for hydroxylation is 2. The maximum absolute atomic E-state index is 14.6. The molecule has 0 saturated heterocycles. The van der Waals surface area contributed by atoms with Gasteiger partial charge in [0.25, 0.3) is 0 Å². The average molecular weight is 346 g/mol. The van der Waals surface area contributed by atoms with Gasteiger partial charge in [0.15, 0.2) is 27.5 Å². The molecule has 0 aliphatic heterocycles. The van der Waals surface area contributed by atoms with Crippen LogP contribution in [0.1, 0.15) is 10.0 Å². The van der Waals surface area contributed by atoms with Gasteiger partial charge < -0.3 is 0 Å². The van der Waals surface area contributed by atoms with Crippen LogP contribution in [0.3, 0.4) is 0 Å². The maximum Gasteiger partial charge on any atom is 0.196 e. The minimum Gasteiger partial charge on any atom is -0.205 e. The Labute approximate surface area is 129 Å². The highest BCUT2D eigenvalue weighted by atomic mass is 32.1. The molecule has 114 valence electrons. The van der Waals surface area contributed by atoms with Crippen molar-refractivity contribution in [1.29, 1.82) is 0 Å². The Morgan fingerprint density at radius 1 is 0.591 bits per heavy atom. The number of hydrogen-bond acceptors (Lipinski definition) is 6. The van der Waals surface area contributed by atoms with Crippen LogP contribution < -0.4 is 0 Å². The zero-order valence-electron chi connectivity index (χ0n) is 11.1. The van der Waals surface area contributed by atoms with Crippen LogP contribution in [0, 0.1) is 37.1 Å². The van der Waals surface area contributed by atoms with E-state index in [1.165, 1.54) is 0 Å². The van der Waals surface area contributed by atoms with Crippen molar-refractivity contribution in [2.24, 2.45) is 0 Å². The second-order valence-corrected chi connectivity index (χ2v) is 6.62. The Kier molecular flexibility index (Phi) is 3.65. The summed E-state index contributed by atoms with van der Waals surface area (Å²) in [6, 6.07) is 0. The summed E-state index contributed by atoms with van der Waals surface area (Å²) in [5.74, 6) is -6.34. The molecule has 0 aliphatic rings. The quantitative estimate of drug-likeness (QED) is 0.401. The molecule has 3 aromatic rings. The van der Waals surface area contributed by atoms with Gasteiger partial charge in [0.1, 0.15) is 15.8 Å². The molecule has 2 heterocycles. The molecule has 0 saturated carbocycles. The molecule has 1 aromatic carbocycles. The normalized spacial score (nSPS) is 11.2. The van der Waals surface area contributed by atoms with Crippen molar-refractivity contribution in [3.05, 3.63) is 33.3 Å². The minimum absolute atomic E-state index is 0.172. The number of benzene rings is 1. The van der Waals surface area contributed by atoms with Crippen LogP contribution in [-0.4, -0.2) is 20.4 Å². The fraction of sp³-hybridized carbons (Fsp3) is 0.167. The van der Waals surface area contributed by atoms with Gasteiger partial charge in [-0.15, -0.1) is 20.4 Å². The minimum atomic E-state index is -1.79. The van der Waals surface area contributed by atoms with Crippen molar-refractivity contribution in [2.75, 3.05) is 0 Å². The number of aromatic nitrogens is 4. The molecule has 0 aliphatic carbocycles. The van der Waals surface area contributed by atoms with E-state index in [1.54, 1.807) is 13.8 Å². The molecule has 0 fully saturated rings. The van der Waals surface area contributed by atoms with Crippen LogP contribution in [0.15, 0.2) is 0 Å². The largest absolute Gasteiger partial charge is 0.205 e. The average Bonchev–Trinajstić information content (AvgIpc) is 3.06. The Balaban J connectivity index is 2.34. The molecule has 2 aromatic heterocycles. The highest BCUT2D eigenvalue weighted by molar-refractivity contribution is 7.15. The van der Waals surface area contributed by atoms with E-state index in [9.17, 15) is 17.6 Å². The van der Waals surface area contributed by atoms with Crippen LogP contribution in [0.5, 0.6) is 0 Å². The number of rotatable bonds is 2. The summed E-state index contributed by atoms with van der Waals surface area (Å²) in [4.78, 5) is 0. The van der Waals surface area contributed by atoms with Gasteiger partial charge in [-0.05, 0) is 13.8 Å². The predicted octanol–water partition coefficient (Wildman–Crippen LogP) is 3.90. The molecule has 3 rings (SSSR count). The monoisotopic (exact) mass is 346 g/mol. The zero-order valence-corrected chi connectivity index (χ0v) is 12.8. The Morgan fingerprint density at radius 3 is 1.32 bits per heavy atom. The fourth-order valence-corrected chi connectivity index (χ4v) is 3.25. The highest BCUT2D eigenvalue weighted by Gasteiger charge is 2.30. The first-order valence-electron chi connectivity index (χ1n) is 5.87. The van der Waals surface area contributed by atoms with E-state index in [1.807, 2.05) is 0 Å². The van der Waals surface area contributed by atoms with Crippen LogP contribution >= 0.6 is 22.7 Å². The van der Waals surface area contributed by atoms with E-state index in [0.717, 1.165) is 22.7 Å². The van der Waals surface area contributed by atoms with Gasteiger partial charge >= 0.3 is 0 Å². The summed E-state index contributed by atoms with van der Waals surface area (Å²) in [5, 5.41) is 15.0. The Hall–Kier alpha value is -1.94. The van der Waals surface area contributed by atoms with E-state index >= 15 is 0 Å². The molecular formula is C12H6F4N4S2. The van der Waals surface area contributed by atoms with Crippen LogP contribution in [-0.2, 0) is 0 Å². The molecule has 10 heteroatoms. The second-order valence-electron chi connectivity index (χ2n) is 4.26. The van der Waals surface area contributed by atoms with Gasteiger partial charge in [-0.1, -0.05) is 22.7 Å². The van der Waals surface area contributed by atoms with E-state index in [2.05, 4.69) is 20.4 Å². The third kappa shape index (κ3) is 2.28. The smallest absolute Gasteiger partial charge is 0.196 e. The van der Waals surface area contributed by atoms with Gasteiger partial charge in [-0.3, -0.25) is 0 Å². The molecule has 0 atom stereocenters. The molecule has 0 radical (unpaired) electrons. The van der Waals surface area contributed by atoms with Gasteiger partial charge in [0.05, 0.1) is 11.1 Å². The van der Waals surface area contributed by atoms with E-state index in [-0.39, 0.29) is 10.0 Å². The lowest BCUT2D eigenvalue weighted by molar-refractivity contribution is 0.440. The first-order valence-corrected chi connectivity index (χ1v) is 7.50. The lowest BCUT2D eigenvalue weighted by atomic mass is 10.1. The third-order valence-corrected chi connectivity index (χ3v) is 4.46. The predicted molar refractivity (Wildman–Crippen MR) is 73.6 cm³/mol. The fourth-order valence-electron chi connectivity index (χ4n) is 1.80. The van der Waals surface area contributed by atoms with Crippen LogP contribution in [0.2, 0.25) is 0 Å². The number of halogens is 4. The van der Waals surface area contributed by atoms with Crippen molar-refractivity contribution >= 4 is 22.7 Å². The zero-order chi connectivity index (χ0) is 16.0. The van der Waals surface area contributed by atoms with Crippen molar-refractivity contribution in [3.8, 4) is 21.1 Å². The second kappa shape index (κ2) is 5.36. The topological polar surface area (TPSA) is 51.6 Å². The summed E-state index contributed by atoms with van der Waals surface area (Å²) in [6.07, 6.45) is 0. The lowest BCUT2D eigenvalue weighted by Gasteiger charge is -2.08. The van der Waals surface area contributed by atoms with E-state index < -0.39 is 34.4 Å². The van der Waals surface area contributed by atoms with Crippen molar-refractivity contribution in [2.45, 2.75) is 13.8 Å². The maximum atomic E-state index is 14.6. The molecule has 22 heavy (non-hydrogen) atoms. The number of hydrogen-bond donors (Lipinski definition) is 0. The van der Waals surface area contributed by atoms with Gasteiger partial charge in [0, 0.05) is 0 Å². The highest BCUT2D eigenvalue weighted by Crippen LogP contribution is 2.38. The third-order valence-electron chi connectivity index (χ3n) is 2.74. The van der Waals surface area contributed by atoms with Crippen molar-refractivity contribution < 1.29 is 17.6 Å². The van der Waals surface area contributed by atoms with Gasteiger partial charge in [-0.25, -0.2) is 17.6 Å². The van der Waals surface area contributed by atoms with Crippen molar-refractivity contribution in [3.63, 3.8) is 0 Å². The van der Waals surface area contributed by atoms with Crippen LogP contribution in [0.4, 0.5) is 17.6 Å². The lowest BCUT2D eigenvalue weighted by Crippen LogP contribution is -2.03. The Morgan fingerprint density at radius 2 is 1.00 bits per heavy atom. The van der Waals surface area contributed by atoms with E-state index in [0.29, 0.717) is 10.0 Å². The molecule has 4 nitrogen and oxygen atoms in total. The summed E-state index contributed by atoms with van der Waals surface area (Å²) in [7, 11) is 0. The van der Waals surface area contributed by atoms with Crippen molar-refractivity contribution in [1.82, 2.24) is 20.4 Å². The molecular weight excluding hydrogens is 340 g/mol. The summed E-state index contributed by atoms with van der Waals surface area (Å²) in [6.45, 7) is 3.15. The molecule has 0 unspecified atom stereocenters. The molecule has 0 bridgehead atoms. The first kappa shape index (κ1) is 15.0. The molecule has 0 amide bonds. The summed E-state index contributed by atoms with van der Waals surface area (Å²) in [5.41, 5.74) is -1.51. The van der Waals surface area contributed by atoms with Gasteiger partial charge in [-0.2, -0.15) is 0 Å². The summed E-state index contributed by atoms with van der Waals surface area (Å²) >= 11 is 1.74. The van der Waals surface area contributed by atoms with Gasteiger partial charge in [0.2, 0.25) is 0 Å². The first-order chi connectivity index (χ1) is 10.4. The van der Waals surface area contributed by atoms with Crippen LogP contribution in [0.25, 0.3) is 21.1 Å². The molecule has 0 N–H and O–H groups in total. The van der Waals surface area contributed by atoms with E-state index in [4.69, 9.17) is 0 Å². The summed E-state index contributed by atoms with van der Waals surface area (Å²) < 4.78 is 56.3. The Bertz CT molecular complexity index is 807. The molecule has 0 spiro atoms. The number of nitrogens with zero attached hydrogens (tertiary/aromatic N) is 4.